The number of amides is 1. The van der Waals surface area contributed by atoms with Crippen LogP contribution in [0.4, 0.5) is 0 Å². The molecule has 0 saturated carbocycles. The zero-order valence-electron chi connectivity index (χ0n) is 9.58. The first-order valence-corrected chi connectivity index (χ1v) is 6.23. The van der Waals surface area contributed by atoms with Crippen molar-refractivity contribution in [3.8, 4) is 6.07 Å². The number of carbonyl (C=O) groups is 1. The van der Waals surface area contributed by atoms with Crippen LogP contribution in [0, 0.1) is 17.2 Å². The molecule has 0 heterocycles. The van der Waals surface area contributed by atoms with E-state index in [9.17, 15) is 4.79 Å². The van der Waals surface area contributed by atoms with Crippen molar-refractivity contribution < 1.29 is 4.79 Å². The number of carbonyl (C=O) groups excluding carboxylic acids is 1. The smallest absolute Gasteiger partial charge is 0.253 e. The molecule has 90 valence electrons. The van der Waals surface area contributed by atoms with Gasteiger partial charge in [-0.25, -0.2) is 0 Å². The van der Waals surface area contributed by atoms with Crippen molar-refractivity contribution in [2.45, 2.75) is 6.92 Å². The van der Waals surface area contributed by atoms with E-state index in [1.165, 1.54) is 4.90 Å². The number of nitrogens with zero attached hydrogens (tertiary/aromatic N) is 2. The Hall–Kier alpha value is -1.05. The van der Waals surface area contributed by atoms with Crippen molar-refractivity contribution in [2.75, 3.05) is 13.6 Å². The lowest BCUT2D eigenvalue weighted by Crippen LogP contribution is -2.30. The highest BCUT2D eigenvalue weighted by atomic mass is 79.9. The average molecular weight is 316 g/mol. The van der Waals surface area contributed by atoms with Crippen LogP contribution >= 0.6 is 27.5 Å². The highest BCUT2D eigenvalue weighted by molar-refractivity contribution is 9.10. The maximum Gasteiger partial charge on any atom is 0.253 e. The molecule has 0 bridgehead atoms. The van der Waals surface area contributed by atoms with E-state index in [-0.39, 0.29) is 11.8 Å². The number of nitriles is 1. The van der Waals surface area contributed by atoms with Crippen LogP contribution < -0.4 is 0 Å². The highest BCUT2D eigenvalue weighted by Crippen LogP contribution is 2.23. The van der Waals surface area contributed by atoms with E-state index in [4.69, 9.17) is 16.9 Å². The molecule has 0 N–H and O–H groups in total. The molecule has 1 unspecified atom stereocenters. The van der Waals surface area contributed by atoms with E-state index in [1.807, 2.05) is 0 Å². The van der Waals surface area contributed by atoms with Crippen LogP contribution in [0.25, 0.3) is 0 Å². The van der Waals surface area contributed by atoms with Gasteiger partial charge in [-0.1, -0.05) is 11.6 Å². The van der Waals surface area contributed by atoms with Crippen LogP contribution in [-0.4, -0.2) is 24.4 Å². The predicted octanol–water partition coefficient (Wildman–Crippen LogP) is 3.33. The van der Waals surface area contributed by atoms with Gasteiger partial charge in [0, 0.05) is 23.6 Å². The minimum atomic E-state index is -0.185. The Bertz CT molecular complexity index is 470. The summed E-state index contributed by atoms with van der Waals surface area (Å²) in [5, 5.41) is 9.20. The van der Waals surface area contributed by atoms with Gasteiger partial charge in [0.1, 0.15) is 0 Å². The van der Waals surface area contributed by atoms with Gasteiger partial charge < -0.3 is 4.90 Å². The lowest BCUT2D eigenvalue weighted by atomic mass is 10.1. The molecule has 17 heavy (non-hydrogen) atoms. The van der Waals surface area contributed by atoms with Gasteiger partial charge in [-0.3, -0.25) is 4.79 Å². The summed E-state index contributed by atoms with van der Waals surface area (Å²) in [7, 11) is 1.67. The van der Waals surface area contributed by atoms with Gasteiger partial charge in [0.15, 0.2) is 0 Å². The van der Waals surface area contributed by atoms with Crippen LogP contribution in [0.2, 0.25) is 5.02 Å². The van der Waals surface area contributed by atoms with Gasteiger partial charge in [-0.2, -0.15) is 5.26 Å². The number of rotatable bonds is 3. The van der Waals surface area contributed by atoms with Gasteiger partial charge in [0.25, 0.3) is 5.91 Å². The number of hydrogen-bond donors (Lipinski definition) is 0. The van der Waals surface area contributed by atoms with Crippen LogP contribution in [0.5, 0.6) is 0 Å². The normalized spacial score (nSPS) is 11.7. The summed E-state index contributed by atoms with van der Waals surface area (Å²) in [6.07, 6.45) is 0. The highest BCUT2D eigenvalue weighted by Gasteiger charge is 2.15. The largest absolute Gasteiger partial charge is 0.340 e. The Balaban J connectivity index is 2.82. The zero-order chi connectivity index (χ0) is 13.0. The standard InChI is InChI=1S/C12H12BrClN2O/c1-8(6-15)7-16(2)12(17)9-3-4-10(13)11(14)5-9/h3-5,8H,7H2,1-2H3. The van der Waals surface area contributed by atoms with E-state index in [0.717, 1.165) is 4.47 Å². The molecule has 1 amide bonds. The molecule has 0 aliphatic heterocycles. The minimum absolute atomic E-state index is 0.137. The maximum absolute atomic E-state index is 12.0. The van der Waals surface area contributed by atoms with Crippen LogP contribution in [0.3, 0.4) is 0 Å². The molecular formula is C12H12BrClN2O. The molecule has 1 aromatic carbocycles. The number of halogens is 2. The summed E-state index contributed by atoms with van der Waals surface area (Å²) in [5.74, 6) is -0.323. The second-order valence-corrected chi connectivity index (χ2v) is 5.11. The summed E-state index contributed by atoms with van der Waals surface area (Å²) < 4.78 is 0.753. The third-order valence-electron chi connectivity index (χ3n) is 2.28. The topological polar surface area (TPSA) is 44.1 Å². The SMILES string of the molecule is CC(C#N)CN(C)C(=O)c1ccc(Br)c(Cl)c1. The van der Waals surface area contributed by atoms with E-state index >= 15 is 0 Å². The van der Waals surface area contributed by atoms with Crippen molar-refractivity contribution in [2.24, 2.45) is 5.92 Å². The quantitative estimate of drug-likeness (QED) is 0.858. The Kier molecular flexibility index (Phi) is 4.98. The molecular weight excluding hydrogens is 304 g/mol. The Morgan fingerprint density at radius 2 is 2.29 bits per heavy atom. The summed E-state index contributed by atoms with van der Waals surface area (Å²) >= 11 is 9.19. The Labute approximate surface area is 114 Å². The summed E-state index contributed by atoms with van der Waals surface area (Å²) in [4.78, 5) is 13.5. The van der Waals surface area contributed by atoms with Crippen molar-refractivity contribution >= 4 is 33.4 Å². The van der Waals surface area contributed by atoms with E-state index < -0.39 is 0 Å². The van der Waals surface area contributed by atoms with Crippen LogP contribution in [0.15, 0.2) is 22.7 Å². The van der Waals surface area contributed by atoms with Gasteiger partial charge in [-0.05, 0) is 41.1 Å². The van der Waals surface area contributed by atoms with Crippen molar-refractivity contribution in [1.29, 1.82) is 5.26 Å². The molecule has 0 aromatic heterocycles. The molecule has 1 aromatic rings. The molecule has 0 aliphatic rings. The lowest BCUT2D eigenvalue weighted by molar-refractivity contribution is 0.0785. The molecule has 0 saturated heterocycles. The Morgan fingerprint density at radius 3 is 2.82 bits per heavy atom. The second-order valence-electron chi connectivity index (χ2n) is 3.84. The first-order chi connectivity index (χ1) is 7.95. The molecule has 0 aliphatic carbocycles. The van der Waals surface area contributed by atoms with Crippen molar-refractivity contribution in [3.63, 3.8) is 0 Å². The fourth-order valence-electron chi connectivity index (χ4n) is 1.38. The molecule has 5 heteroatoms. The van der Waals surface area contributed by atoms with Gasteiger partial charge in [0.05, 0.1) is 17.0 Å². The van der Waals surface area contributed by atoms with Gasteiger partial charge in [0.2, 0.25) is 0 Å². The summed E-state index contributed by atoms with van der Waals surface area (Å²) in [6.45, 7) is 2.18. The average Bonchev–Trinajstić information content (AvgIpc) is 2.31. The molecule has 3 nitrogen and oxygen atoms in total. The van der Waals surface area contributed by atoms with E-state index in [0.29, 0.717) is 17.1 Å². The fraction of sp³-hybridized carbons (Fsp3) is 0.333. The molecule has 1 atom stereocenters. The second kappa shape index (κ2) is 6.04. The lowest BCUT2D eigenvalue weighted by Gasteiger charge is -2.18. The van der Waals surface area contributed by atoms with Crippen molar-refractivity contribution in [1.82, 2.24) is 4.90 Å². The van der Waals surface area contributed by atoms with E-state index in [1.54, 1.807) is 32.2 Å². The number of benzene rings is 1. The first kappa shape index (κ1) is 14.0. The molecule has 0 radical (unpaired) electrons. The number of hydrogen-bond acceptors (Lipinski definition) is 2. The van der Waals surface area contributed by atoms with Crippen LogP contribution in [0.1, 0.15) is 17.3 Å². The predicted molar refractivity (Wildman–Crippen MR) is 70.9 cm³/mol. The minimum Gasteiger partial charge on any atom is -0.340 e. The van der Waals surface area contributed by atoms with E-state index in [2.05, 4.69) is 22.0 Å². The van der Waals surface area contributed by atoms with Gasteiger partial charge in [-0.15, -0.1) is 0 Å². The molecule has 1 rings (SSSR count). The summed E-state index contributed by atoms with van der Waals surface area (Å²) in [5.41, 5.74) is 0.519. The Morgan fingerprint density at radius 1 is 1.65 bits per heavy atom. The van der Waals surface area contributed by atoms with Crippen molar-refractivity contribution in [3.05, 3.63) is 33.3 Å². The van der Waals surface area contributed by atoms with Gasteiger partial charge >= 0.3 is 0 Å². The maximum atomic E-state index is 12.0. The van der Waals surface area contributed by atoms with Crippen LogP contribution in [-0.2, 0) is 0 Å². The monoisotopic (exact) mass is 314 g/mol. The molecule has 0 fully saturated rings. The third-order valence-corrected chi connectivity index (χ3v) is 3.51. The first-order valence-electron chi connectivity index (χ1n) is 5.06. The summed E-state index contributed by atoms with van der Waals surface area (Å²) in [6, 6.07) is 7.14. The fourth-order valence-corrected chi connectivity index (χ4v) is 1.81. The third kappa shape index (κ3) is 3.72. The molecule has 0 spiro atoms. The zero-order valence-corrected chi connectivity index (χ0v) is 11.9.